The van der Waals surface area contributed by atoms with Crippen LogP contribution in [0.15, 0.2) is 22.4 Å². The minimum absolute atomic E-state index is 0.148. The summed E-state index contributed by atoms with van der Waals surface area (Å²) in [5.41, 5.74) is 0.978. The third kappa shape index (κ3) is 1.51. The molecular weight excluding hydrogens is 271 g/mol. The molecule has 0 aliphatic carbocycles. The maximum absolute atomic E-state index is 13.3. The highest BCUT2D eigenvalue weighted by Gasteiger charge is 2.09. The van der Waals surface area contributed by atoms with E-state index >= 15 is 0 Å². The summed E-state index contributed by atoms with van der Waals surface area (Å²) in [5.74, 6) is -0.148. The molecule has 1 aromatic heterocycles. The van der Waals surface area contributed by atoms with Crippen molar-refractivity contribution in [2.24, 2.45) is 0 Å². The lowest BCUT2D eigenvalue weighted by molar-refractivity contribution is 0.643. The fraction of sp³-hybridized carbons (Fsp3) is 0.111. The number of rotatable bonds is 1. The van der Waals surface area contributed by atoms with Crippen molar-refractivity contribution in [1.29, 1.82) is 0 Å². The van der Waals surface area contributed by atoms with Crippen molar-refractivity contribution in [2.45, 2.75) is 10.2 Å². The molecule has 68 valence electrons. The molecule has 0 nitrogen and oxygen atoms in total. The van der Waals surface area contributed by atoms with Crippen LogP contribution in [0, 0.1) is 5.82 Å². The highest BCUT2D eigenvalue weighted by molar-refractivity contribution is 9.08. The van der Waals surface area contributed by atoms with Crippen molar-refractivity contribution in [3.8, 4) is 0 Å². The highest BCUT2D eigenvalue weighted by atomic mass is 79.9. The Hall–Kier alpha value is -0.0600. The molecule has 0 atom stereocenters. The summed E-state index contributed by atoms with van der Waals surface area (Å²) in [4.78, 5) is 0.841. The van der Waals surface area contributed by atoms with Crippen LogP contribution in [0.25, 0.3) is 10.1 Å². The molecule has 0 bridgehead atoms. The maximum atomic E-state index is 13.3. The van der Waals surface area contributed by atoms with E-state index in [4.69, 9.17) is 0 Å². The average molecular weight is 277 g/mol. The topological polar surface area (TPSA) is 0 Å². The van der Waals surface area contributed by atoms with E-state index in [1.165, 1.54) is 16.7 Å². The van der Waals surface area contributed by atoms with Gasteiger partial charge in [-0.05, 0) is 11.6 Å². The van der Waals surface area contributed by atoms with Crippen LogP contribution in [-0.2, 0) is 5.33 Å². The molecule has 0 aliphatic rings. The van der Waals surface area contributed by atoms with Crippen LogP contribution in [0.3, 0.4) is 0 Å². The number of alkyl halides is 1. The molecule has 0 unspecified atom stereocenters. The molecule has 0 radical (unpaired) electrons. The maximum Gasteiger partial charge on any atom is 0.142 e. The van der Waals surface area contributed by atoms with Crippen LogP contribution < -0.4 is 0 Å². The van der Waals surface area contributed by atoms with E-state index in [2.05, 4.69) is 28.6 Å². The second kappa shape index (κ2) is 3.59. The first kappa shape index (κ1) is 9.49. The monoisotopic (exact) mass is 276 g/mol. The number of halogens is 2. The Labute approximate surface area is 93.3 Å². The predicted octanol–water partition coefficient (Wildman–Crippen LogP) is 4.22. The van der Waals surface area contributed by atoms with E-state index in [0.29, 0.717) is 10.7 Å². The summed E-state index contributed by atoms with van der Waals surface area (Å²) < 4.78 is 14.3. The smallest absolute Gasteiger partial charge is 0.142 e. The van der Waals surface area contributed by atoms with E-state index in [1.807, 2.05) is 12.1 Å². The quantitative estimate of drug-likeness (QED) is 0.585. The first-order valence-corrected chi connectivity index (χ1v) is 6.12. The fourth-order valence-electron chi connectivity index (χ4n) is 1.27. The van der Waals surface area contributed by atoms with Crippen molar-refractivity contribution in [3.05, 3.63) is 28.9 Å². The molecule has 4 heteroatoms. The number of thiophene rings is 1. The molecule has 0 spiro atoms. The number of benzene rings is 1. The molecule has 0 saturated carbocycles. The molecule has 0 aliphatic heterocycles. The molecule has 2 rings (SSSR count). The van der Waals surface area contributed by atoms with Gasteiger partial charge in [-0.1, -0.05) is 22.0 Å². The van der Waals surface area contributed by atoms with E-state index in [-0.39, 0.29) is 5.82 Å². The molecule has 0 fully saturated rings. The lowest BCUT2D eigenvalue weighted by atomic mass is 10.1. The van der Waals surface area contributed by atoms with Crippen molar-refractivity contribution < 1.29 is 4.39 Å². The van der Waals surface area contributed by atoms with Crippen molar-refractivity contribution in [1.82, 2.24) is 0 Å². The first-order chi connectivity index (χ1) is 6.24. The van der Waals surface area contributed by atoms with Gasteiger partial charge in [-0.2, -0.15) is 0 Å². The van der Waals surface area contributed by atoms with E-state index < -0.39 is 0 Å². The van der Waals surface area contributed by atoms with Crippen LogP contribution in [0.1, 0.15) is 5.56 Å². The van der Waals surface area contributed by atoms with Gasteiger partial charge in [0.05, 0.1) is 4.70 Å². The summed E-state index contributed by atoms with van der Waals surface area (Å²) >= 11 is 9.01. The van der Waals surface area contributed by atoms with Crippen LogP contribution >= 0.6 is 39.9 Å². The molecule has 2 aromatic rings. The van der Waals surface area contributed by atoms with E-state index in [9.17, 15) is 4.39 Å². The number of hydrogen-bond donors (Lipinski definition) is 1. The second-order valence-corrected chi connectivity index (χ2v) is 4.59. The third-order valence-corrected chi connectivity index (χ3v) is 4.00. The second-order valence-electron chi connectivity index (χ2n) is 2.67. The zero-order valence-electron chi connectivity index (χ0n) is 6.55. The first-order valence-electron chi connectivity index (χ1n) is 3.67. The number of fused-ring (bicyclic) bond motifs is 1. The molecule has 1 heterocycles. The van der Waals surface area contributed by atoms with Crippen LogP contribution in [0.4, 0.5) is 4.39 Å². The molecule has 13 heavy (non-hydrogen) atoms. The largest absolute Gasteiger partial charge is 0.205 e. The molecular formula is C9H6BrFS2. The molecule has 0 amide bonds. The summed E-state index contributed by atoms with van der Waals surface area (Å²) in [7, 11) is 0. The Morgan fingerprint density at radius 2 is 2.23 bits per heavy atom. The molecule has 0 saturated heterocycles. The summed E-state index contributed by atoms with van der Waals surface area (Å²) in [6.45, 7) is 0. The Balaban J connectivity index is 2.88. The minimum Gasteiger partial charge on any atom is -0.205 e. The summed E-state index contributed by atoms with van der Waals surface area (Å²) in [6.07, 6.45) is 0. The SMILES string of the molecule is Fc1csc2c(S)ccc(CBr)c12. The third-order valence-electron chi connectivity index (χ3n) is 1.89. The minimum atomic E-state index is -0.148. The van der Waals surface area contributed by atoms with Gasteiger partial charge in [0.25, 0.3) is 0 Å². The van der Waals surface area contributed by atoms with Gasteiger partial charge in [0.1, 0.15) is 5.82 Å². The predicted molar refractivity (Wildman–Crippen MR) is 61.7 cm³/mol. The van der Waals surface area contributed by atoms with Crippen molar-refractivity contribution >= 4 is 50.0 Å². The Kier molecular flexibility index (Phi) is 2.62. The average Bonchev–Trinajstić information content (AvgIpc) is 2.51. The number of thiol groups is 1. The summed E-state index contributed by atoms with van der Waals surface area (Å²) in [5, 5.41) is 2.90. The summed E-state index contributed by atoms with van der Waals surface area (Å²) in [6, 6.07) is 3.80. The fourth-order valence-corrected chi connectivity index (χ4v) is 2.96. The van der Waals surface area contributed by atoms with Gasteiger partial charge in [-0.3, -0.25) is 0 Å². The van der Waals surface area contributed by atoms with Crippen LogP contribution in [0.5, 0.6) is 0 Å². The lowest BCUT2D eigenvalue weighted by Gasteiger charge is -2.00. The van der Waals surface area contributed by atoms with Gasteiger partial charge in [0.15, 0.2) is 0 Å². The van der Waals surface area contributed by atoms with Gasteiger partial charge in [0, 0.05) is 21.0 Å². The lowest BCUT2D eigenvalue weighted by Crippen LogP contribution is -1.81. The molecule has 0 N–H and O–H groups in total. The normalized spacial score (nSPS) is 11.0. The Morgan fingerprint density at radius 3 is 2.92 bits per heavy atom. The van der Waals surface area contributed by atoms with Gasteiger partial charge in [-0.25, -0.2) is 4.39 Å². The van der Waals surface area contributed by atoms with Crippen molar-refractivity contribution in [3.63, 3.8) is 0 Å². The highest BCUT2D eigenvalue weighted by Crippen LogP contribution is 2.33. The van der Waals surface area contributed by atoms with E-state index in [0.717, 1.165) is 15.2 Å². The molecule has 1 aromatic carbocycles. The zero-order chi connectivity index (χ0) is 9.42. The number of hydrogen-bond acceptors (Lipinski definition) is 2. The van der Waals surface area contributed by atoms with Gasteiger partial charge in [-0.15, -0.1) is 24.0 Å². The Bertz CT molecular complexity index is 450. The van der Waals surface area contributed by atoms with E-state index in [1.54, 1.807) is 0 Å². The zero-order valence-corrected chi connectivity index (χ0v) is 9.85. The van der Waals surface area contributed by atoms with Gasteiger partial charge in [0.2, 0.25) is 0 Å². The Morgan fingerprint density at radius 1 is 1.46 bits per heavy atom. The van der Waals surface area contributed by atoms with Gasteiger partial charge >= 0.3 is 0 Å². The van der Waals surface area contributed by atoms with Crippen molar-refractivity contribution in [2.75, 3.05) is 0 Å². The standard InChI is InChI=1S/C9H6BrFS2/c10-3-5-1-2-7(12)9-8(5)6(11)4-13-9/h1-2,4,12H,3H2. The van der Waals surface area contributed by atoms with Gasteiger partial charge < -0.3 is 0 Å². The van der Waals surface area contributed by atoms with Crippen LogP contribution in [0.2, 0.25) is 0 Å². The van der Waals surface area contributed by atoms with Crippen LogP contribution in [-0.4, -0.2) is 0 Å².